The van der Waals surface area contributed by atoms with Gasteiger partial charge in [0.15, 0.2) is 11.5 Å². The fourth-order valence-electron chi connectivity index (χ4n) is 1.68. The van der Waals surface area contributed by atoms with E-state index in [1.807, 2.05) is 31.2 Å². The number of aromatic nitrogens is 2. The van der Waals surface area contributed by atoms with Gasteiger partial charge in [-0.1, -0.05) is 6.07 Å². The van der Waals surface area contributed by atoms with Crippen LogP contribution in [0.5, 0.6) is 11.5 Å². The molecule has 88 valence electrons. The molecule has 0 atom stereocenters. The van der Waals surface area contributed by atoms with E-state index < -0.39 is 0 Å². The quantitative estimate of drug-likeness (QED) is 0.812. The molecule has 0 spiro atoms. The number of methoxy groups -OCH3 is 2. The van der Waals surface area contributed by atoms with Crippen molar-refractivity contribution >= 4 is 0 Å². The molecule has 0 fully saturated rings. The zero-order chi connectivity index (χ0) is 12.3. The Labute approximate surface area is 100 Å². The zero-order valence-electron chi connectivity index (χ0n) is 10.1. The van der Waals surface area contributed by atoms with E-state index in [2.05, 4.69) is 9.97 Å². The second-order valence-electron chi connectivity index (χ2n) is 3.54. The Morgan fingerprint density at radius 1 is 1.06 bits per heavy atom. The zero-order valence-corrected chi connectivity index (χ0v) is 10.1. The van der Waals surface area contributed by atoms with Gasteiger partial charge in [-0.2, -0.15) is 0 Å². The molecule has 0 amide bonds. The summed E-state index contributed by atoms with van der Waals surface area (Å²) in [6.45, 7) is 1.88. The Kier molecular flexibility index (Phi) is 3.23. The summed E-state index contributed by atoms with van der Waals surface area (Å²) in [6.07, 6.45) is 1.74. The van der Waals surface area contributed by atoms with E-state index in [4.69, 9.17) is 9.47 Å². The molecule has 2 aromatic rings. The van der Waals surface area contributed by atoms with Crippen molar-refractivity contribution in [2.45, 2.75) is 6.92 Å². The Morgan fingerprint density at radius 2 is 1.88 bits per heavy atom. The molecule has 0 radical (unpaired) electrons. The first-order valence-electron chi connectivity index (χ1n) is 5.27. The van der Waals surface area contributed by atoms with Crippen molar-refractivity contribution in [3.8, 4) is 22.9 Å². The van der Waals surface area contributed by atoms with Gasteiger partial charge in [0.1, 0.15) is 0 Å². The van der Waals surface area contributed by atoms with Crippen LogP contribution in [0.3, 0.4) is 0 Å². The predicted molar refractivity (Wildman–Crippen MR) is 65.3 cm³/mol. The van der Waals surface area contributed by atoms with Gasteiger partial charge in [-0.3, -0.25) is 4.98 Å². The normalized spacial score (nSPS) is 10.1. The molecule has 2 heterocycles. The first-order chi connectivity index (χ1) is 8.26. The lowest BCUT2D eigenvalue weighted by Crippen LogP contribution is -1.98. The first kappa shape index (κ1) is 11.4. The van der Waals surface area contributed by atoms with Crippen molar-refractivity contribution in [3.05, 3.63) is 36.2 Å². The fourth-order valence-corrected chi connectivity index (χ4v) is 1.68. The van der Waals surface area contributed by atoms with Crippen LogP contribution in [0.2, 0.25) is 0 Å². The predicted octanol–water partition coefficient (Wildman–Crippen LogP) is 2.47. The lowest BCUT2D eigenvalue weighted by atomic mass is 10.2. The van der Waals surface area contributed by atoms with Crippen LogP contribution in [0.15, 0.2) is 30.5 Å². The van der Waals surface area contributed by atoms with Crippen LogP contribution in [0, 0.1) is 6.92 Å². The standard InChI is InChI=1S/C13H14N2O2/c1-9-13(17-3)12(16-2)8-11(15-9)10-6-4-5-7-14-10/h4-8H,1-3H3. The Morgan fingerprint density at radius 3 is 2.47 bits per heavy atom. The summed E-state index contributed by atoms with van der Waals surface area (Å²) in [6, 6.07) is 7.54. The third kappa shape index (κ3) is 2.20. The average Bonchev–Trinajstić information content (AvgIpc) is 2.38. The van der Waals surface area contributed by atoms with Gasteiger partial charge in [0.05, 0.1) is 31.3 Å². The maximum atomic E-state index is 5.29. The maximum absolute atomic E-state index is 5.29. The van der Waals surface area contributed by atoms with E-state index >= 15 is 0 Å². The molecule has 0 unspecified atom stereocenters. The average molecular weight is 230 g/mol. The van der Waals surface area contributed by atoms with Gasteiger partial charge in [0, 0.05) is 12.3 Å². The molecule has 4 heteroatoms. The minimum Gasteiger partial charge on any atom is -0.493 e. The van der Waals surface area contributed by atoms with Gasteiger partial charge in [0.2, 0.25) is 0 Å². The minimum atomic E-state index is 0.659. The largest absolute Gasteiger partial charge is 0.493 e. The van der Waals surface area contributed by atoms with E-state index in [0.717, 1.165) is 17.1 Å². The Hall–Kier alpha value is -2.10. The van der Waals surface area contributed by atoms with Gasteiger partial charge in [0.25, 0.3) is 0 Å². The molecule has 0 aliphatic heterocycles. The first-order valence-corrected chi connectivity index (χ1v) is 5.27. The third-order valence-corrected chi connectivity index (χ3v) is 2.46. The second kappa shape index (κ2) is 4.82. The summed E-state index contributed by atoms with van der Waals surface area (Å²) in [5.74, 6) is 1.33. The van der Waals surface area contributed by atoms with Crippen LogP contribution < -0.4 is 9.47 Å². The molecule has 4 nitrogen and oxygen atoms in total. The summed E-state index contributed by atoms with van der Waals surface area (Å²) in [5.41, 5.74) is 2.38. The number of pyridine rings is 2. The molecule has 17 heavy (non-hydrogen) atoms. The maximum Gasteiger partial charge on any atom is 0.182 e. The van der Waals surface area contributed by atoms with Gasteiger partial charge >= 0.3 is 0 Å². The van der Waals surface area contributed by atoms with Crippen molar-refractivity contribution in [2.75, 3.05) is 14.2 Å². The lowest BCUT2D eigenvalue weighted by Gasteiger charge is -2.11. The molecular formula is C13H14N2O2. The van der Waals surface area contributed by atoms with E-state index in [9.17, 15) is 0 Å². The number of hydrogen-bond donors (Lipinski definition) is 0. The van der Waals surface area contributed by atoms with Crippen LogP contribution in [0.4, 0.5) is 0 Å². The highest BCUT2D eigenvalue weighted by Gasteiger charge is 2.12. The molecule has 0 aliphatic carbocycles. The van der Waals surface area contributed by atoms with Crippen molar-refractivity contribution in [1.82, 2.24) is 9.97 Å². The third-order valence-electron chi connectivity index (χ3n) is 2.46. The van der Waals surface area contributed by atoms with Crippen LogP contribution in [0.1, 0.15) is 5.69 Å². The van der Waals surface area contributed by atoms with Crippen LogP contribution in [0.25, 0.3) is 11.4 Å². The van der Waals surface area contributed by atoms with E-state index in [0.29, 0.717) is 11.5 Å². The number of hydrogen-bond acceptors (Lipinski definition) is 4. The molecule has 0 saturated heterocycles. The number of nitrogens with zero attached hydrogens (tertiary/aromatic N) is 2. The molecule has 2 rings (SSSR count). The summed E-state index contributed by atoms with van der Waals surface area (Å²) >= 11 is 0. The minimum absolute atomic E-state index is 0.659. The van der Waals surface area contributed by atoms with Gasteiger partial charge in [-0.05, 0) is 19.1 Å². The summed E-state index contributed by atoms with van der Waals surface area (Å²) in [5, 5.41) is 0. The Bertz CT molecular complexity index is 512. The number of ether oxygens (including phenoxy) is 2. The molecule has 2 aromatic heterocycles. The van der Waals surface area contributed by atoms with Crippen LogP contribution >= 0.6 is 0 Å². The highest BCUT2D eigenvalue weighted by atomic mass is 16.5. The van der Waals surface area contributed by atoms with Gasteiger partial charge in [-0.15, -0.1) is 0 Å². The van der Waals surface area contributed by atoms with Crippen molar-refractivity contribution in [3.63, 3.8) is 0 Å². The molecule has 0 bridgehead atoms. The SMILES string of the molecule is COc1cc(-c2ccccn2)nc(C)c1OC. The molecule has 0 aromatic carbocycles. The van der Waals surface area contributed by atoms with Crippen molar-refractivity contribution in [1.29, 1.82) is 0 Å². The topological polar surface area (TPSA) is 44.2 Å². The molecule has 0 N–H and O–H groups in total. The van der Waals surface area contributed by atoms with Crippen molar-refractivity contribution < 1.29 is 9.47 Å². The van der Waals surface area contributed by atoms with Crippen LogP contribution in [-0.2, 0) is 0 Å². The van der Waals surface area contributed by atoms with E-state index in [1.165, 1.54) is 0 Å². The molecule has 0 saturated carbocycles. The second-order valence-corrected chi connectivity index (χ2v) is 3.54. The number of aryl methyl sites for hydroxylation is 1. The summed E-state index contributed by atoms with van der Waals surface area (Å²) < 4.78 is 10.5. The highest BCUT2D eigenvalue weighted by Crippen LogP contribution is 2.32. The lowest BCUT2D eigenvalue weighted by molar-refractivity contribution is 0.351. The Balaban J connectivity index is 2.54. The smallest absolute Gasteiger partial charge is 0.182 e. The summed E-state index contributed by atoms with van der Waals surface area (Å²) in [4.78, 5) is 8.72. The van der Waals surface area contributed by atoms with Gasteiger partial charge in [-0.25, -0.2) is 4.98 Å². The van der Waals surface area contributed by atoms with Crippen LogP contribution in [-0.4, -0.2) is 24.2 Å². The fraction of sp³-hybridized carbons (Fsp3) is 0.231. The monoisotopic (exact) mass is 230 g/mol. The van der Waals surface area contributed by atoms with E-state index in [-0.39, 0.29) is 0 Å². The molecular weight excluding hydrogens is 216 g/mol. The van der Waals surface area contributed by atoms with Gasteiger partial charge < -0.3 is 9.47 Å². The van der Waals surface area contributed by atoms with E-state index in [1.54, 1.807) is 20.4 Å². The van der Waals surface area contributed by atoms with Crippen molar-refractivity contribution in [2.24, 2.45) is 0 Å². The molecule has 0 aliphatic rings. The number of rotatable bonds is 3. The highest BCUT2D eigenvalue weighted by molar-refractivity contribution is 5.60. The summed E-state index contributed by atoms with van der Waals surface area (Å²) in [7, 11) is 3.21.